The van der Waals surface area contributed by atoms with E-state index in [1.807, 2.05) is 0 Å². The molecular formula is C14H8F6O2. The van der Waals surface area contributed by atoms with Gasteiger partial charge in [-0.1, -0.05) is 0 Å². The van der Waals surface area contributed by atoms with Crippen molar-refractivity contribution >= 4 is 0 Å². The second-order valence-corrected chi connectivity index (χ2v) is 4.30. The third-order valence-electron chi connectivity index (χ3n) is 2.69. The Morgan fingerprint density at radius 1 is 0.727 bits per heavy atom. The zero-order chi connectivity index (χ0) is 16.5. The number of benzene rings is 2. The van der Waals surface area contributed by atoms with E-state index >= 15 is 0 Å². The molecule has 22 heavy (non-hydrogen) atoms. The summed E-state index contributed by atoms with van der Waals surface area (Å²) in [5.41, 5.74) is -2.20. The average Bonchev–Trinajstić information content (AvgIpc) is 2.39. The van der Waals surface area contributed by atoms with Crippen LogP contribution in [0, 0.1) is 0 Å². The predicted octanol–water partition coefficient (Wildman–Crippen LogP) is 5.22. The molecular weight excluding hydrogens is 314 g/mol. The minimum atomic E-state index is -4.77. The molecule has 0 saturated carbocycles. The highest BCUT2D eigenvalue weighted by molar-refractivity contribution is 5.43. The van der Waals surface area contributed by atoms with Gasteiger partial charge in [0.15, 0.2) is 0 Å². The van der Waals surface area contributed by atoms with Crippen LogP contribution in [0.4, 0.5) is 26.3 Å². The molecule has 0 aliphatic carbocycles. The third kappa shape index (κ3) is 3.63. The molecule has 2 aromatic rings. The molecule has 0 radical (unpaired) electrons. The summed E-state index contributed by atoms with van der Waals surface area (Å²) >= 11 is 0. The maximum Gasteiger partial charge on any atom is 0.420 e. The molecule has 8 heteroatoms. The van der Waals surface area contributed by atoms with Crippen molar-refractivity contribution in [2.45, 2.75) is 12.4 Å². The van der Waals surface area contributed by atoms with Crippen LogP contribution >= 0.6 is 0 Å². The molecule has 0 bridgehead atoms. The lowest BCUT2D eigenvalue weighted by molar-refractivity contribution is -0.139. The Hall–Kier alpha value is -2.38. The topological polar surface area (TPSA) is 29.5 Å². The van der Waals surface area contributed by atoms with E-state index in [4.69, 9.17) is 9.84 Å². The molecule has 0 aromatic heterocycles. The first-order valence-electron chi connectivity index (χ1n) is 5.83. The Balaban J connectivity index is 2.24. The van der Waals surface area contributed by atoms with Gasteiger partial charge < -0.3 is 9.84 Å². The quantitative estimate of drug-likeness (QED) is 0.768. The number of hydrogen-bond acceptors (Lipinski definition) is 2. The number of phenolic OH excluding ortho intramolecular Hbond substituents is 1. The van der Waals surface area contributed by atoms with E-state index in [1.165, 1.54) is 0 Å². The summed E-state index contributed by atoms with van der Waals surface area (Å²) in [6, 6.07) is 5.91. The van der Waals surface area contributed by atoms with Crippen molar-refractivity contribution in [1.29, 1.82) is 0 Å². The molecule has 0 unspecified atom stereocenters. The maximum absolute atomic E-state index is 12.6. The van der Waals surface area contributed by atoms with Crippen molar-refractivity contribution in [2.75, 3.05) is 0 Å². The predicted molar refractivity (Wildman–Crippen MR) is 64.6 cm³/mol. The van der Waals surface area contributed by atoms with Crippen LogP contribution in [0.1, 0.15) is 11.1 Å². The first kappa shape index (κ1) is 16.0. The van der Waals surface area contributed by atoms with Crippen LogP contribution in [0.3, 0.4) is 0 Å². The number of aromatic hydroxyl groups is 1. The number of ether oxygens (including phenoxy) is 1. The van der Waals surface area contributed by atoms with E-state index in [0.29, 0.717) is 6.07 Å². The summed E-state index contributed by atoms with van der Waals surface area (Å²) in [6.07, 6.45) is -9.29. The number of alkyl halides is 6. The van der Waals surface area contributed by atoms with Crippen molar-refractivity contribution < 1.29 is 36.2 Å². The third-order valence-corrected chi connectivity index (χ3v) is 2.69. The molecule has 0 aliphatic heterocycles. The molecule has 0 spiro atoms. The Morgan fingerprint density at radius 2 is 1.27 bits per heavy atom. The monoisotopic (exact) mass is 322 g/mol. The fourth-order valence-corrected chi connectivity index (χ4v) is 1.65. The normalized spacial score (nSPS) is 12.3. The van der Waals surface area contributed by atoms with Gasteiger partial charge in [-0.3, -0.25) is 0 Å². The summed E-state index contributed by atoms with van der Waals surface area (Å²) in [5, 5.41) is 9.16. The minimum absolute atomic E-state index is 0.0631. The average molecular weight is 322 g/mol. The van der Waals surface area contributed by atoms with Crippen LogP contribution in [0.5, 0.6) is 17.2 Å². The Kier molecular flexibility index (Phi) is 3.95. The Labute approximate surface area is 120 Å². The Morgan fingerprint density at radius 3 is 1.77 bits per heavy atom. The zero-order valence-corrected chi connectivity index (χ0v) is 10.7. The molecule has 0 saturated heterocycles. The van der Waals surface area contributed by atoms with Gasteiger partial charge in [-0.2, -0.15) is 26.3 Å². The fraction of sp³-hybridized carbons (Fsp3) is 0.143. The van der Waals surface area contributed by atoms with Crippen molar-refractivity contribution in [3.63, 3.8) is 0 Å². The summed E-state index contributed by atoms with van der Waals surface area (Å²) in [5.74, 6) is -1.29. The van der Waals surface area contributed by atoms with Gasteiger partial charge in [-0.15, -0.1) is 0 Å². The van der Waals surface area contributed by atoms with Crippen LogP contribution in [0.2, 0.25) is 0 Å². The number of rotatable bonds is 2. The first-order valence-corrected chi connectivity index (χ1v) is 5.83. The molecule has 0 heterocycles. The molecule has 2 aromatic carbocycles. The molecule has 2 rings (SSSR count). The largest absolute Gasteiger partial charge is 0.507 e. The highest BCUT2D eigenvalue weighted by atomic mass is 19.4. The van der Waals surface area contributed by atoms with E-state index in [1.54, 1.807) is 0 Å². The van der Waals surface area contributed by atoms with Crippen molar-refractivity contribution in [1.82, 2.24) is 0 Å². The number of halogens is 6. The maximum atomic E-state index is 12.6. The van der Waals surface area contributed by atoms with Crippen LogP contribution in [0.25, 0.3) is 0 Å². The summed E-state index contributed by atoms with van der Waals surface area (Å²) in [7, 11) is 0. The molecule has 2 nitrogen and oxygen atoms in total. The molecule has 0 aliphatic rings. The summed E-state index contributed by atoms with van der Waals surface area (Å²) in [4.78, 5) is 0. The van der Waals surface area contributed by atoms with Crippen LogP contribution < -0.4 is 4.74 Å². The zero-order valence-electron chi connectivity index (χ0n) is 10.7. The van der Waals surface area contributed by atoms with Crippen molar-refractivity contribution in [2.24, 2.45) is 0 Å². The molecule has 1 N–H and O–H groups in total. The van der Waals surface area contributed by atoms with Gasteiger partial charge in [0, 0.05) is 0 Å². The van der Waals surface area contributed by atoms with E-state index in [0.717, 1.165) is 36.4 Å². The van der Waals surface area contributed by atoms with E-state index in [2.05, 4.69) is 0 Å². The Bertz CT molecular complexity index is 659. The van der Waals surface area contributed by atoms with Gasteiger partial charge in [0.2, 0.25) is 0 Å². The van der Waals surface area contributed by atoms with Crippen molar-refractivity contribution in [3.8, 4) is 17.2 Å². The van der Waals surface area contributed by atoms with Crippen LogP contribution in [-0.2, 0) is 12.4 Å². The van der Waals surface area contributed by atoms with E-state index in [-0.39, 0.29) is 11.5 Å². The van der Waals surface area contributed by atoms with Gasteiger partial charge in [-0.25, -0.2) is 0 Å². The molecule has 118 valence electrons. The lowest BCUT2D eigenvalue weighted by atomic mass is 10.2. The first-order chi connectivity index (χ1) is 10.1. The molecule has 0 fully saturated rings. The lowest BCUT2D eigenvalue weighted by Gasteiger charge is -2.12. The van der Waals surface area contributed by atoms with Crippen LogP contribution in [0.15, 0.2) is 42.5 Å². The lowest BCUT2D eigenvalue weighted by Crippen LogP contribution is -2.05. The highest BCUT2D eigenvalue weighted by Crippen LogP contribution is 2.39. The SMILES string of the molecule is Oc1ccc(Oc2ccc(C(F)(F)F)cc2)cc1C(F)(F)F. The van der Waals surface area contributed by atoms with Crippen molar-refractivity contribution in [3.05, 3.63) is 53.6 Å². The minimum Gasteiger partial charge on any atom is -0.507 e. The molecule has 0 amide bonds. The smallest absolute Gasteiger partial charge is 0.420 e. The highest BCUT2D eigenvalue weighted by Gasteiger charge is 2.34. The second-order valence-electron chi connectivity index (χ2n) is 4.30. The van der Waals surface area contributed by atoms with Gasteiger partial charge in [-0.05, 0) is 42.5 Å². The summed E-state index contributed by atoms with van der Waals surface area (Å²) < 4.78 is 80.0. The number of phenols is 1. The van der Waals surface area contributed by atoms with E-state index < -0.39 is 29.2 Å². The van der Waals surface area contributed by atoms with Gasteiger partial charge in [0.25, 0.3) is 0 Å². The van der Waals surface area contributed by atoms with Gasteiger partial charge in [0.1, 0.15) is 22.8 Å². The van der Waals surface area contributed by atoms with E-state index in [9.17, 15) is 26.3 Å². The fourth-order valence-electron chi connectivity index (χ4n) is 1.65. The second kappa shape index (κ2) is 5.43. The molecule has 0 atom stereocenters. The van der Waals surface area contributed by atoms with Gasteiger partial charge in [0.05, 0.1) is 5.56 Å². The standard InChI is InChI=1S/C14H8F6O2/c15-13(16,17)8-1-3-9(4-2-8)22-10-5-6-12(21)11(7-10)14(18,19)20/h1-7,21H. The van der Waals surface area contributed by atoms with Gasteiger partial charge >= 0.3 is 12.4 Å². The van der Waals surface area contributed by atoms with Crippen LogP contribution in [-0.4, -0.2) is 5.11 Å². The number of hydrogen-bond donors (Lipinski definition) is 1. The summed E-state index contributed by atoms with van der Waals surface area (Å²) in [6.45, 7) is 0.